The molecule has 2 aliphatic heterocycles. The van der Waals surface area contributed by atoms with Crippen molar-refractivity contribution >= 4 is 40.6 Å². The average Bonchev–Trinajstić information content (AvgIpc) is 3.29. The average molecular weight is 495 g/mol. The number of amides is 3. The number of thioether (sulfide) groups is 1. The van der Waals surface area contributed by atoms with Crippen LogP contribution in [-0.4, -0.2) is 64.1 Å². The Labute approximate surface area is 211 Å². The molecule has 0 atom stereocenters. The highest BCUT2D eigenvalue weighted by Gasteiger charge is 2.37. The number of piperidine rings is 1. The van der Waals surface area contributed by atoms with E-state index in [0.29, 0.717) is 18.0 Å². The minimum atomic E-state index is -0.390. The van der Waals surface area contributed by atoms with Crippen LogP contribution in [0.2, 0.25) is 0 Å². The summed E-state index contributed by atoms with van der Waals surface area (Å²) in [5, 5.41) is -0.382. The molecule has 2 aliphatic rings. The highest BCUT2D eigenvalue weighted by atomic mass is 32.2. The van der Waals surface area contributed by atoms with Crippen LogP contribution in [0, 0.1) is 13.8 Å². The molecule has 2 aromatic rings. The molecule has 0 N–H and O–H groups in total. The zero-order valence-electron chi connectivity index (χ0n) is 21.0. The van der Waals surface area contributed by atoms with Gasteiger partial charge in [-0.05, 0) is 101 Å². The number of imide groups is 1. The quantitative estimate of drug-likeness (QED) is 0.508. The summed E-state index contributed by atoms with van der Waals surface area (Å²) < 4.78 is 2.15. The summed E-state index contributed by atoms with van der Waals surface area (Å²) in [6, 6.07) is 10.5. The Balaban J connectivity index is 1.53. The van der Waals surface area contributed by atoms with Gasteiger partial charge in [0.25, 0.3) is 11.1 Å². The fourth-order valence-electron chi connectivity index (χ4n) is 4.89. The van der Waals surface area contributed by atoms with Gasteiger partial charge in [-0.1, -0.05) is 0 Å². The Morgan fingerprint density at radius 3 is 2.31 bits per heavy atom. The van der Waals surface area contributed by atoms with Crippen molar-refractivity contribution in [1.82, 2.24) is 14.4 Å². The highest BCUT2D eigenvalue weighted by Crippen LogP contribution is 2.34. The Hall–Kier alpha value is -3.00. The fourth-order valence-corrected chi connectivity index (χ4v) is 5.72. The predicted octanol–water partition coefficient (Wildman–Crippen LogP) is 4.99. The van der Waals surface area contributed by atoms with Gasteiger partial charge in [0, 0.05) is 48.9 Å². The molecule has 3 amide bonds. The third kappa shape index (κ3) is 5.17. The van der Waals surface area contributed by atoms with Crippen LogP contribution in [0.15, 0.2) is 35.2 Å². The lowest BCUT2D eigenvalue weighted by atomic mass is 10.1. The van der Waals surface area contributed by atoms with Gasteiger partial charge in [0.15, 0.2) is 0 Å². The third-order valence-corrected chi connectivity index (χ3v) is 7.78. The molecule has 1 aromatic heterocycles. The minimum absolute atomic E-state index is 0.153. The van der Waals surface area contributed by atoms with Gasteiger partial charge < -0.3 is 14.4 Å². The molecule has 2 fully saturated rings. The summed E-state index contributed by atoms with van der Waals surface area (Å²) in [7, 11) is 0. The summed E-state index contributed by atoms with van der Waals surface area (Å²) in [4.78, 5) is 43.7. The van der Waals surface area contributed by atoms with Gasteiger partial charge >= 0.3 is 0 Å². The Morgan fingerprint density at radius 2 is 1.69 bits per heavy atom. The Morgan fingerprint density at radius 1 is 1.03 bits per heavy atom. The van der Waals surface area contributed by atoms with Crippen LogP contribution in [-0.2, 0) is 9.59 Å². The normalized spacial score (nSPS) is 17.5. The van der Waals surface area contributed by atoms with E-state index in [2.05, 4.69) is 47.6 Å². The van der Waals surface area contributed by atoms with Gasteiger partial charge in [-0.2, -0.15) is 0 Å². The maximum Gasteiger partial charge on any atom is 0.294 e. The number of rotatable bonds is 7. The molecule has 2 saturated heterocycles. The Kier molecular flexibility index (Phi) is 7.69. The van der Waals surface area contributed by atoms with Crippen LogP contribution in [0.5, 0.6) is 0 Å². The van der Waals surface area contributed by atoms with Gasteiger partial charge in [0.1, 0.15) is 6.54 Å². The summed E-state index contributed by atoms with van der Waals surface area (Å²) in [5.41, 5.74) is 5.17. The largest absolute Gasteiger partial charge is 0.372 e. The van der Waals surface area contributed by atoms with E-state index in [1.165, 1.54) is 5.69 Å². The van der Waals surface area contributed by atoms with Crippen molar-refractivity contribution in [1.29, 1.82) is 0 Å². The molecule has 7 nitrogen and oxygen atoms in total. The van der Waals surface area contributed by atoms with E-state index in [1.54, 1.807) is 11.0 Å². The van der Waals surface area contributed by atoms with E-state index in [-0.39, 0.29) is 17.7 Å². The second-order valence-electron chi connectivity index (χ2n) is 9.06. The minimum Gasteiger partial charge on any atom is -0.372 e. The molecule has 35 heavy (non-hydrogen) atoms. The van der Waals surface area contributed by atoms with Crippen molar-refractivity contribution in [3.63, 3.8) is 0 Å². The van der Waals surface area contributed by atoms with Gasteiger partial charge in [0.2, 0.25) is 5.91 Å². The molecule has 0 saturated carbocycles. The predicted molar refractivity (Wildman–Crippen MR) is 142 cm³/mol. The number of likely N-dealkylation sites (tertiary alicyclic amines) is 1. The number of carbonyl (C=O) groups is 3. The second kappa shape index (κ2) is 10.7. The first-order chi connectivity index (χ1) is 16.8. The molecular weight excluding hydrogens is 460 g/mol. The molecule has 8 heteroatoms. The number of aromatic nitrogens is 1. The number of nitrogens with zero attached hydrogens (tertiary/aromatic N) is 4. The monoisotopic (exact) mass is 494 g/mol. The number of aryl methyl sites for hydroxylation is 1. The second-order valence-corrected chi connectivity index (χ2v) is 10.1. The zero-order chi connectivity index (χ0) is 25.1. The zero-order valence-corrected chi connectivity index (χ0v) is 21.9. The maximum absolute atomic E-state index is 13.0. The topological polar surface area (TPSA) is 65.9 Å². The lowest BCUT2D eigenvalue weighted by Crippen LogP contribution is -2.44. The Bertz CT molecular complexity index is 1140. The van der Waals surface area contributed by atoms with Gasteiger partial charge in [-0.15, -0.1) is 0 Å². The first-order valence-electron chi connectivity index (χ1n) is 12.4. The number of benzene rings is 1. The summed E-state index contributed by atoms with van der Waals surface area (Å²) in [6.07, 6.45) is 4.84. The number of anilines is 1. The van der Waals surface area contributed by atoms with Crippen molar-refractivity contribution in [3.8, 4) is 5.69 Å². The lowest BCUT2D eigenvalue weighted by Gasteiger charge is -2.27. The van der Waals surface area contributed by atoms with E-state index in [9.17, 15) is 14.4 Å². The molecule has 0 spiro atoms. The first-order valence-corrected chi connectivity index (χ1v) is 13.2. The van der Waals surface area contributed by atoms with Gasteiger partial charge in [-0.3, -0.25) is 19.3 Å². The SMILES string of the molecule is CCN(CC)c1ccc(-n2c(C)cc(/C=C3\SC(=O)N(CC(=O)N4CCCCC4)C3=O)c2C)cc1. The van der Waals surface area contributed by atoms with E-state index < -0.39 is 5.91 Å². The first kappa shape index (κ1) is 25.1. The van der Waals surface area contributed by atoms with Gasteiger partial charge in [0.05, 0.1) is 4.91 Å². The third-order valence-electron chi connectivity index (χ3n) is 6.87. The van der Waals surface area contributed by atoms with Crippen molar-refractivity contribution in [2.24, 2.45) is 0 Å². The van der Waals surface area contributed by atoms with Crippen LogP contribution in [0.25, 0.3) is 11.8 Å². The van der Waals surface area contributed by atoms with E-state index in [0.717, 1.165) is 71.7 Å². The van der Waals surface area contributed by atoms with E-state index >= 15 is 0 Å². The van der Waals surface area contributed by atoms with Crippen LogP contribution in [0.1, 0.15) is 50.1 Å². The van der Waals surface area contributed by atoms with Crippen molar-refractivity contribution in [2.45, 2.75) is 47.0 Å². The summed E-state index contributed by atoms with van der Waals surface area (Å²) in [6.45, 7) is 11.5. The van der Waals surface area contributed by atoms with Crippen molar-refractivity contribution in [3.05, 3.63) is 52.2 Å². The molecule has 3 heterocycles. The number of hydrogen-bond donors (Lipinski definition) is 0. The highest BCUT2D eigenvalue weighted by molar-refractivity contribution is 8.18. The number of carbonyl (C=O) groups excluding carboxylic acids is 3. The van der Waals surface area contributed by atoms with Crippen LogP contribution >= 0.6 is 11.8 Å². The van der Waals surface area contributed by atoms with Crippen LogP contribution in [0.4, 0.5) is 10.5 Å². The van der Waals surface area contributed by atoms with Gasteiger partial charge in [-0.25, -0.2) is 0 Å². The summed E-state index contributed by atoms with van der Waals surface area (Å²) in [5.74, 6) is -0.543. The summed E-state index contributed by atoms with van der Waals surface area (Å²) >= 11 is 0.908. The smallest absolute Gasteiger partial charge is 0.294 e. The molecular formula is C27H34N4O3S. The molecule has 0 unspecified atom stereocenters. The van der Waals surface area contributed by atoms with Crippen LogP contribution in [0.3, 0.4) is 0 Å². The number of hydrogen-bond acceptors (Lipinski definition) is 5. The molecule has 1 aromatic carbocycles. The molecule has 0 bridgehead atoms. The van der Waals surface area contributed by atoms with Crippen molar-refractivity contribution < 1.29 is 14.4 Å². The van der Waals surface area contributed by atoms with E-state index in [1.807, 2.05) is 19.9 Å². The standard InChI is InChI=1S/C27H34N4O3S/c1-5-28(6-2)22-10-12-23(13-11-22)31-19(3)16-21(20(31)4)17-24-26(33)30(27(34)35-24)18-25(32)29-14-8-7-9-15-29/h10-13,16-17H,5-9,14-15,18H2,1-4H3/b24-17-. The molecule has 4 rings (SSSR count). The molecule has 186 valence electrons. The molecule has 0 radical (unpaired) electrons. The maximum atomic E-state index is 13.0. The fraction of sp³-hybridized carbons (Fsp3) is 0.444. The van der Waals surface area contributed by atoms with Crippen LogP contribution < -0.4 is 4.90 Å². The lowest BCUT2D eigenvalue weighted by molar-refractivity contribution is -0.136. The van der Waals surface area contributed by atoms with Crippen molar-refractivity contribution in [2.75, 3.05) is 37.6 Å². The van der Waals surface area contributed by atoms with E-state index in [4.69, 9.17) is 0 Å². The molecule has 0 aliphatic carbocycles.